The van der Waals surface area contributed by atoms with Crippen LogP contribution in [0.5, 0.6) is 0 Å². The summed E-state index contributed by atoms with van der Waals surface area (Å²) in [5.74, 6) is 0.559. The van der Waals surface area contributed by atoms with Gasteiger partial charge in [-0.3, -0.25) is 10.1 Å². The fraction of sp³-hybridized carbons (Fsp3) is 0.385. The highest BCUT2D eigenvalue weighted by Gasteiger charge is 2.17. The molecule has 2 aromatic rings. The van der Waals surface area contributed by atoms with E-state index in [-0.39, 0.29) is 11.3 Å². The van der Waals surface area contributed by atoms with Crippen molar-refractivity contribution in [2.24, 2.45) is 0 Å². The third kappa shape index (κ3) is 3.00. The second-order valence-corrected chi connectivity index (χ2v) is 5.00. The minimum Gasteiger partial charge on any atom is -0.377 e. The van der Waals surface area contributed by atoms with Gasteiger partial charge in [-0.2, -0.15) is 0 Å². The average Bonchev–Trinajstić information content (AvgIpc) is 2.44. The zero-order valence-electron chi connectivity index (χ0n) is 11.6. The standard InChI is InChI=1S/C13H16N4O3/c1-13(2,20-3)7-14-12-10-6-9(17(18)19)4-5-11(10)15-8-16-12/h4-6,8H,7H2,1-3H3,(H,14,15,16). The molecular weight excluding hydrogens is 260 g/mol. The van der Waals surface area contributed by atoms with Crippen LogP contribution in [0, 0.1) is 10.1 Å². The second kappa shape index (κ2) is 5.38. The van der Waals surface area contributed by atoms with Crippen LogP contribution in [-0.4, -0.2) is 34.1 Å². The molecule has 1 aromatic carbocycles. The summed E-state index contributed by atoms with van der Waals surface area (Å²) in [5, 5.41) is 14.6. The van der Waals surface area contributed by atoms with Crippen LogP contribution in [0.3, 0.4) is 0 Å². The molecule has 0 aliphatic heterocycles. The van der Waals surface area contributed by atoms with E-state index in [4.69, 9.17) is 4.74 Å². The van der Waals surface area contributed by atoms with E-state index in [1.165, 1.54) is 18.5 Å². The first kappa shape index (κ1) is 14.1. The number of nitrogens with zero attached hydrogens (tertiary/aromatic N) is 3. The molecule has 0 bridgehead atoms. The Hall–Kier alpha value is -2.28. The average molecular weight is 276 g/mol. The van der Waals surface area contributed by atoms with Crippen molar-refractivity contribution in [3.63, 3.8) is 0 Å². The number of anilines is 1. The Labute approximate surface area is 116 Å². The smallest absolute Gasteiger partial charge is 0.270 e. The first-order valence-corrected chi connectivity index (χ1v) is 6.11. The monoisotopic (exact) mass is 276 g/mol. The van der Waals surface area contributed by atoms with Crippen molar-refractivity contribution >= 4 is 22.4 Å². The van der Waals surface area contributed by atoms with Crippen LogP contribution in [0.2, 0.25) is 0 Å². The summed E-state index contributed by atoms with van der Waals surface area (Å²) in [4.78, 5) is 18.7. The predicted octanol–water partition coefficient (Wildman–Crippen LogP) is 2.37. The Morgan fingerprint density at radius 2 is 2.15 bits per heavy atom. The number of non-ortho nitro benzene ring substituents is 1. The van der Waals surface area contributed by atoms with E-state index in [0.717, 1.165) is 0 Å². The van der Waals surface area contributed by atoms with Crippen LogP contribution in [0.1, 0.15) is 13.8 Å². The van der Waals surface area contributed by atoms with Crippen molar-refractivity contribution in [3.05, 3.63) is 34.6 Å². The van der Waals surface area contributed by atoms with Gasteiger partial charge in [0, 0.05) is 31.2 Å². The normalized spacial score (nSPS) is 11.6. The van der Waals surface area contributed by atoms with Gasteiger partial charge in [0.15, 0.2) is 0 Å². The molecule has 20 heavy (non-hydrogen) atoms. The first-order chi connectivity index (χ1) is 9.43. The summed E-state index contributed by atoms with van der Waals surface area (Å²) in [6.45, 7) is 4.40. The molecule has 1 heterocycles. The first-order valence-electron chi connectivity index (χ1n) is 6.11. The number of benzene rings is 1. The molecule has 1 N–H and O–H groups in total. The van der Waals surface area contributed by atoms with Crippen LogP contribution in [0.15, 0.2) is 24.5 Å². The zero-order chi connectivity index (χ0) is 14.8. The third-order valence-electron chi connectivity index (χ3n) is 3.06. The molecule has 0 amide bonds. The number of methoxy groups -OCH3 is 1. The number of ether oxygens (including phenoxy) is 1. The van der Waals surface area contributed by atoms with Gasteiger partial charge in [-0.25, -0.2) is 9.97 Å². The molecule has 1 aromatic heterocycles. The maximum absolute atomic E-state index is 10.8. The highest BCUT2D eigenvalue weighted by Crippen LogP contribution is 2.24. The van der Waals surface area contributed by atoms with Crippen LogP contribution in [0.4, 0.5) is 11.5 Å². The summed E-state index contributed by atoms with van der Waals surface area (Å²) in [6.07, 6.45) is 1.43. The van der Waals surface area contributed by atoms with Crippen LogP contribution < -0.4 is 5.32 Å². The summed E-state index contributed by atoms with van der Waals surface area (Å²) in [7, 11) is 1.63. The molecule has 0 atom stereocenters. The van der Waals surface area contributed by atoms with Crippen LogP contribution >= 0.6 is 0 Å². The van der Waals surface area contributed by atoms with Gasteiger partial charge in [-0.1, -0.05) is 0 Å². The molecule has 2 rings (SSSR count). The largest absolute Gasteiger partial charge is 0.377 e. The summed E-state index contributed by atoms with van der Waals surface area (Å²) >= 11 is 0. The highest BCUT2D eigenvalue weighted by molar-refractivity contribution is 5.90. The molecule has 0 radical (unpaired) electrons. The number of nitro groups is 1. The van der Waals surface area contributed by atoms with E-state index in [9.17, 15) is 10.1 Å². The molecule has 106 valence electrons. The lowest BCUT2D eigenvalue weighted by molar-refractivity contribution is -0.384. The molecular formula is C13H16N4O3. The van der Waals surface area contributed by atoms with Crippen molar-refractivity contribution < 1.29 is 9.66 Å². The van der Waals surface area contributed by atoms with E-state index in [1.807, 2.05) is 13.8 Å². The zero-order valence-corrected chi connectivity index (χ0v) is 11.6. The van der Waals surface area contributed by atoms with Crippen molar-refractivity contribution in [2.45, 2.75) is 19.4 Å². The number of aromatic nitrogens is 2. The highest BCUT2D eigenvalue weighted by atomic mass is 16.6. The molecule has 0 unspecified atom stereocenters. The minimum atomic E-state index is -0.435. The van der Waals surface area contributed by atoms with E-state index in [2.05, 4.69) is 15.3 Å². The second-order valence-electron chi connectivity index (χ2n) is 5.00. The molecule has 7 heteroatoms. The van der Waals surface area contributed by atoms with Crippen molar-refractivity contribution in [2.75, 3.05) is 19.0 Å². The van der Waals surface area contributed by atoms with Gasteiger partial charge in [-0.15, -0.1) is 0 Å². The lowest BCUT2D eigenvalue weighted by Gasteiger charge is -2.23. The van der Waals surface area contributed by atoms with Gasteiger partial charge >= 0.3 is 0 Å². The molecule has 0 aliphatic rings. The number of fused-ring (bicyclic) bond motifs is 1. The molecule has 7 nitrogen and oxygen atoms in total. The fourth-order valence-electron chi connectivity index (χ4n) is 1.67. The quantitative estimate of drug-likeness (QED) is 0.666. The van der Waals surface area contributed by atoms with Crippen molar-refractivity contribution in [3.8, 4) is 0 Å². The Morgan fingerprint density at radius 1 is 1.40 bits per heavy atom. The number of hydrogen-bond donors (Lipinski definition) is 1. The van der Waals surface area contributed by atoms with E-state index in [1.54, 1.807) is 13.2 Å². The summed E-state index contributed by atoms with van der Waals surface area (Å²) < 4.78 is 5.32. The maximum Gasteiger partial charge on any atom is 0.270 e. The van der Waals surface area contributed by atoms with Gasteiger partial charge in [0.1, 0.15) is 12.1 Å². The predicted molar refractivity (Wildman–Crippen MR) is 75.8 cm³/mol. The van der Waals surface area contributed by atoms with Crippen molar-refractivity contribution in [1.29, 1.82) is 0 Å². The summed E-state index contributed by atoms with van der Waals surface area (Å²) in [5.41, 5.74) is 0.308. The van der Waals surface area contributed by atoms with E-state index in [0.29, 0.717) is 23.3 Å². The van der Waals surface area contributed by atoms with Gasteiger partial charge in [0.05, 0.1) is 16.0 Å². The lowest BCUT2D eigenvalue weighted by atomic mass is 10.1. The molecule has 0 saturated carbocycles. The Kier molecular flexibility index (Phi) is 3.80. The number of hydrogen-bond acceptors (Lipinski definition) is 6. The Balaban J connectivity index is 2.37. The van der Waals surface area contributed by atoms with Gasteiger partial charge in [0.2, 0.25) is 0 Å². The number of rotatable bonds is 5. The van der Waals surface area contributed by atoms with Gasteiger partial charge in [-0.05, 0) is 19.9 Å². The SMILES string of the molecule is COC(C)(C)CNc1ncnc2ccc([N+](=O)[O-])cc12. The fourth-order valence-corrected chi connectivity index (χ4v) is 1.67. The summed E-state index contributed by atoms with van der Waals surface area (Å²) in [6, 6.07) is 4.51. The molecule has 0 aliphatic carbocycles. The van der Waals surface area contributed by atoms with Crippen LogP contribution in [0.25, 0.3) is 10.9 Å². The molecule has 0 fully saturated rings. The Bertz CT molecular complexity index is 643. The maximum atomic E-state index is 10.8. The minimum absolute atomic E-state index is 0.0151. The van der Waals surface area contributed by atoms with E-state index < -0.39 is 4.92 Å². The Morgan fingerprint density at radius 3 is 2.80 bits per heavy atom. The topological polar surface area (TPSA) is 90.2 Å². The van der Waals surface area contributed by atoms with Crippen molar-refractivity contribution in [1.82, 2.24) is 9.97 Å². The van der Waals surface area contributed by atoms with E-state index >= 15 is 0 Å². The molecule has 0 saturated heterocycles. The van der Waals surface area contributed by atoms with Gasteiger partial charge < -0.3 is 10.1 Å². The van der Waals surface area contributed by atoms with Gasteiger partial charge in [0.25, 0.3) is 5.69 Å². The number of nitro benzene ring substituents is 1. The third-order valence-corrected chi connectivity index (χ3v) is 3.06. The molecule has 0 spiro atoms. The lowest BCUT2D eigenvalue weighted by Crippen LogP contribution is -2.32. The number of nitrogens with one attached hydrogen (secondary N) is 1. The van der Waals surface area contributed by atoms with Crippen LogP contribution in [-0.2, 0) is 4.74 Å².